The maximum atomic E-state index is 5.72. The zero-order chi connectivity index (χ0) is 17.2. The predicted octanol–water partition coefficient (Wildman–Crippen LogP) is 3.76. The van der Waals surface area contributed by atoms with Crippen molar-refractivity contribution >= 4 is 10.8 Å². The van der Waals surface area contributed by atoms with Crippen LogP contribution < -0.4 is 18.9 Å². The van der Waals surface area contributed by atoms with Gasteiger partial charge in [0.15, 0.2) is 0 Å². The van der Waals surface area contributed by atoms with Crippen LogP contribution in [0.15, 0.2) is 18.2 Å². The summed E-state index contributed by atoms with van der Waals surface area (Å²) in [7, 11) is 8.18. The van der Waals surface area contributed by atoms with Crippen LogP contribution in [0.25, 0.3) is 10.8 Å². The van der Waals surface area contributed by atoms with E-state index in [1.54, 1.807) is 35.5 Å². The number of fused-ring (bicyclic) bond motifs is 1. The molecule has 0 radical (unpaired) electrons. The van der Waals surface area contributed by atoms with E-state index < -0.39 is 5.60 Å². The topological polar surface area (TPSA) is 46.2 Å². The zero-order valence-corrected chi connectivity index (χ0v) is 14.8. The summed E-state index contributed by atoms with van der Waals surface area (Å²) in [5.41, 5.74) is 0.319. The minimum atomic E-state index is -0.555. The van der Waals surface area contributed by atoms with Crippen molar-refractivity contribution in [3.63, 3.8) is 0 Å². The molecular formula is C18H24O5. The predicted molar refractivity (Wildman–Crippen MR) is 90.2 cm³/mol. The van der Waals surface area contributed by atoms with Gasteiger partial charge in [0.25, 0.3) is 0 Å². The third-order valence-electron chi connectivity index (χ3n) is 4.15. The van der Waals surface area contributed by atoms with Crippen molar-refractivity contribution in [2.45, 2.75) is 19.4 Å². The summed E-state index contributed by atoms with van der Waals surface area (Å²) < 4.78 is 28.0. The van der Waals surface area contributed by atoms with Crippen LogP contribution >= 0.6 is 0 Å². The lowest BCUT2D eigenvalue weighted by atomic mass is 9.92. The van der Waals surface area contributed by atoms with Crippen molar-refractivity contribution in [2.24, 2.45) is 0 Å². The molecule has 0 amide bonds. The lowest BCUT2D eigenvalue weighted by molar-refractivity contribution is 0.0173. The third-order valence-corrected chi connectivity index (χ3v) is 4.15. The summed E-state index contributed by atoms with van der Waals surface area (Å²) in [5, 5.41) is 1.61. The van der Waals surface area contributed by atoms with Crippen LogP contribution in [0, 0.1) is 0 Å². The highest BCUT2D eigenvalue weighted by molar-refractivity contribution is 6.03. The SMILES string of the molecule is COc1ccc(OC)c2c(OC)c(C(C)(C)OC)cc(OC)c12. The second-order valence-electron chi connectivity index (χ2n) is 5.59. The van der Waals surface area contributed by atoms with Gasteiger partial charge in [-0.2, -0.15) is 0 Å². The van der Waals surface area contributed by atoms with Crippen LogP contribution in [-0.4, -0.2) is 35.5 Å². The van der Waals surface area contributed by atoms with Gasteiger partial charge < -0.3 is 23.7 Å². The van der Waals surface area contributed by atoms with Crippen LogP contribution in [0.2, 0.25) is 0 Å². The Balaban J connectivity index is 3.03. The molecule has 0 fully saturated rings. The first-order chi connectivity index (χ1) is 10.9. The maximum Gasteiger partial charge on any atom is 0.136 e. The Morgan fingerprint density at radius 3 is 1.65 bits per heavy atom. The van der Waals surface area contributed by atoms with Crippen molar-refractivity contribution in [2.75, 3.05) is 35.5 Å². The van der Waals surface area contributed by atoms with E-state index >= 15 is 0 Å². The minimum Gasteiger partial charge on any atom is -0.496 e. The summed E-state index contributed by atoms with van der Waals surface area (Å²) in [4.78, 5) is 0. The zero-order valence-electron chi connectivity index (χ0n) is 14.8. The van der Waals surface area contributed by atoms with Gasteiger partial charge in [0.1, 0.15) is 23.0 Å². The molecule has 0 saturated heterocycles. The number of benzene rings is 2. The number of hydrogen-bond acceptors (Lipinski definition) is 5. The molecule has 2 rings (SSSR count). The Bertz CT molecular complexity index is 706. The van der Waals surface area contributed by atoms with E-state index in [1.165, 1.54) is 0 Å². The van der Waals surface area contributed by atoms with E-state index in [-0.39, 0.29) is 0 Å². The molecule has 23 heavy (non-hydrogen) atoms. The highest BCUT2D eigenvalue weighted by Crippen LogP contribution is 2.49. The van der Waals surface area contributed by atoms with Gasteiger partial charge >= 0.3 is 0 Å². The molecule has 2 aromatic carbocycles. The fourth-order valence-corrected chi connectivity index (χ4v) is 2.71. The molecule has 0 aliphatic heterocycles. The fraction of sp³-hybridized carbons (Fsp3) is 0.444. The molecular weight excluding hydrogens is 296 g/mol. The number of ether oxygens (including phenoxy) is 5. The Morgan fingerprint density at radius 1 is 0.696 bits per heavy atom. The Morgan fingerprint density at radius 2 is 1.22 bits per heavy atom. The second kappa shape index (κ2) is 6.54. The fourth-order valence-electron chi connectivity index (χ4n) is 2.71. The molecule has 0 bridgehead atoms. The van der Waals surface area contributed by atoms with Gasteiger partial charge in [-0.1, -0.05) is 0 Å². The average Bonchev–Trinajstić information content (AvgIpc) is 2.58. The molecule has 5 nitrogen and oxygen atoms in total. The van der Waals surface area contributed by atoms with Gasteiger partial charge in [-0.25, -0.2) is 0 Å². The van der Waals surface area contributed by atoms with Gasteiger partial charge in [-0.15, -0.1) is 0 Å². The molecule has 0 aliphatic rings. The third kappa shape index (κ3) is 2.77. The molecule has 0 spiro atoms. The van der Waals surface area contributed by atoms with Gasteiger partial charge in [0, 0.05) is 12.7 Å². The van der Waals surface area contributed by atoms with Crippen LogP contribution in [-0.2, 0) is 10.3 Å². The normalized spacial score (nSPS) is 11.4. The molecule has 2 aromatic rings. The van der Waals surface area contributed by atoms with Crippen LogP contribution in [0.3, 0.4) is 0 Å². The molecule has 0 heterocycles. The van der Waals surface area contributed by atoms with Crippen molar-refractivity contribution in [1.29, 1.82) is 0 Å². The highest BCUT2D eigenvalue weighted by Gasteiger charge is 2.29. The van der Waals surface area contributed by atoms with E-state index in [0.717, 1.165) is 16.3 Å². The van der Waals surface area contributed by atoms with Crippen LogP contribution in [0.1, 0.15) is 19.4 Å². The van der Waals surface area contributed by atoms with Crippen molar-refractivity contribution in [1.82, 2.24) is 0 Å². The molecule has 0 aromatic heterocycles. The maximum absolute atomic E-state index is 5.72. The molecule has 5 heteroatoms. The summed E-state index contributed by atoms with van der Waals surface area (Å²) in [5.74, 6) is 2.74. The Hall–Kier alpha value is -2.14. The van der Waals surface area contributed by atoms with E-state index in [4.69, 9.17) is 23.7 Å². The lowest BCUT2D eigenvalue weighted by Gasteiger charge is -2.28. The highest BCUT2D eigenvalue weighted by atomic mass is 16.5. The van der Waals surface area contributed by atoms with Gasteiger partial charge in [-0.3, -0.25) is 0 Å². The quantitative estimate of drug-likeness (QED) is 0.811. The standard InChI is InChI=1S/C18H24O5/c1-18(2,23-7)11-10-14(21-5)15-12(19-3)8-9-13(20-4)16(15)17(11)22-6/h8-10H,1-7H3. The Kier molecular flexibility index (Phi) is 4.90. The van der Waals surface area contributed by atoms with Gasteiger partial charge in [0.05, 0.1) is 44.8 Å². The van der Waals surface area contributed by atoms with Gasteiger partial charge in [0.2, 0.25) is 0 Å². The van der Waals surface area contributed by atoms with Crippen molar-refractivity contribution < 1.29 is 23.7 Å². The molecule has 0 N–H and O–H groups in total. The molecule has 0 aliphatic carbocycles. The van der Waals surface area contributed by atoms with E-state index in [1.807, 2.05) is 32.0 Å². The van der Waals surface area contributed by atoms with Crippen LogP contribution in [0.4, 0.5) is 0 Å². The Labute approximate surface area is 137 Å². The average molecular weight is 320 g/mol. The monoisotopic (exact) mass is 320 g/mol. The number of hydrogen-bond donors (Lipinski definition) is 0. The summed E-state index contributed by atoms with van der Waals surface area (Å²) in [6.45, 7) is 3.95. The number of methoxy groups -OCH3 is 5. The first-order valence-corrected chi connectivity index (χ1v) is 7.30. The van der Waals surface area contributed by atoms with Crippen molar-refractivity contribution in [3.8, 4) is 23.0 Å². The van der Waals surface area contributed by atoms with Crippen LogP contribution in [0.5, 0.6) is 23.0 Å². The lowest BCUT2D eigenvalue weighted by Crippen LogP contribution is -2.20. The largest absolute Gasteiger partial charge is 0.496 e. The van der Waals surface area contributed by atoms with E-state index in [9.17, 15) is 0 Å². The van der Waals surface area contributed by atoms with Gasteiger partial charge in [-0.05, 0) is 32.0 Å². The summed E-state index contributed by atoms with van der Waals surface area (Å²) in [6, 6.07) is 5.63. The summed E-state index contributed by atoms with van der Waals surface area (Å²) >= 11 is 0. The molecule has 0 atom stereocenters. The second-order valence-corrected chi connectivity index (χ2v) is 5.59. The minimum absolute atomic E-state index is 0.555. The first kappa shape index (κ1) is 17.2. The first-order valence-electron chi connectivity index (χ1n) is 7.30. The smallest absolute Gasteiger partial charge is 0.136 e. The molecule has 0 saturated carbocycles. The molecule has 126 valence electrons. The van der Waals surface area contributed by atoms with Crippen molar-refractivity contribution in [3.05, 3.63) is 23.8 Å². The molecule has 0 unspecified atom stereocenters. The van der Waals surface area contributed by atoms with E-state index in [2.05, 4.69) is 0 Å². The summed E-state index contributed by atoms with van der Waals surface area (Å²) in [6.07, 6.45) is 0. The van der Waals surface area contributed by atoms with E-state index in [0.29, 0.717) is 23.0 Å². The number of rotatable bonds is 6.